The number of aldehydes is 1. The molecular weight excluding hydrogens is 584 g/mol. The minimum atomic E-state index is -0.531. The molecule has 3 aliphatic rings. The molecule has 1 aromatic heterocycles. The number of amides is 1. The second kappa shape index (κ2) is 13.7. The zero-order valence-corrected chi connectivity index (χ0v) is 27.5. The van der Waals surface area contributed by atoms with E-state index >= 15 is 0 Å². The van der Waals surface area contributed by atoms with Crippen LogP contribution in [0.2, 0.25) is 0 Å². The van der Waals surface area contributed by atoms with Gasteiger partial charge in [0.15, 0.2) is 0 Å². The monoisotopic (exact) mass is 630 g/mol. The SMILES string of the molecule is C=C1CC[C@H]2C(C)(C)CCC[C@]2(C)[C@H]1C/C=C(/C=O)CC(=O)OCc1cn(CCCCN2C(=O)C(=O)c3cc(OC)ccc32)nn1. The van der Waals surface area contributed by atoms with Gasteiger partial charge in [-0.05, 0) is 91.4 Å². The van der Waals surface area contributed by atoms with Crippen LogP contribution in [0.25, 0.3) is 0 Å². The first-order valence-corrected chi connectivity index (χ1v) is 16.4. The van der Waals surface area contributed by atoms with Crippen LogP contribution in [0, 0.1) is 22.7 Å². The van der Waals surface area contributed by atoms with Gasteiger partial charge in [-0.25, -0.2) is 0 Å². The van der Waals surface area contributed by atoms with Crippen LogP contribution in [0.5, 0.6) is 5.75 Å². The van der Waals surface area contributed by atoms with E-state index in [1.807, 2.05) is 6.08 Å². The number of hydrogen-bond acceptors (Lipinski definition) is 8. The van der Waals surface area contributed by atoms with Crippen molar-refractivity contribution < 1.29 is 28.7 Å². The van der Waals surface area contributed by atoms with Crippen LogP contribution in [0.3, 0.4) is 0 Å². The third-order valence-electron chi connectivity index (χ3n) is 10.6. The van der Waals surface area contributed by atoms with Crippen molar-refractivity contribution >= 4 is 29.6 Å². The maximum absolute atomic E-state index is 12.6. The van der Waals surface area contributed by atoms with Gasteiger partial charge in [0.05, 0.1) is 31.0 Å². The molecule has 2 saturated carbocycles. The Bertz CT molecular complexity index is 1540. The van der Waals surface area contributed by atoms with Gasteiger partial charge in [-0.3, -0.25) is 23.9 Å². The van der Waals surface area contributed by atoms with Gasteiger partial charge in [0.1, 0.15) is 24.3 Å². The average molecular weight is 631 g/mol. The predicted molar refractivity (Wildman–Crippen MR) is 173 cm³/mol. The van der Waals surface area contributed by atoms with Crippen molar-refractivity contribution in [3.63, 3.8) is 0 Å². The van der Waals surface area contributed by atoms with Gasteiger partial charge in [0.25, 0.3) is 11.7 Å². The molecule has 1 amide bonds. The van der Waals surface area contributed by atoms with Gasteiger partial charge in [-0.15, -0.1) is 5.10 Å². The van der Waals surface area contributed by atoms with Crippen molar-refractivity contribution in [1.29, 1.82) is 0 Å². The molecule has 0 N–H and O–H groups in total. The number of allylic oxidation sites excluding steroid dienone is 2. The van der Waals surface area contributed by atoms with Crippen molar-refractivity contribution in [1.82, 2.24) is 15.0 Å². The van der Waals surface area contributed by atoms with Crippen molar-refractivity contribution in [3.05, 3.63) is 59.5 Å². The number of ether oxygens (including phenoxy) is 2. The highest BCUT2D eigenvalue weighted by Crippen LogP contribution is 2.61. The van der Waals surface area contributed by atoms with E-state index in [0.717, 1.165) is 12.7 Å². The lowest BCUT2D eigenvalue weighted by atomic mass is 9.47. The maximum Gasteiger partial charge on any atom is 0.310 e. The average Bonchev–Trinajstić information content (AvgIpc) is 3.58. The number of fused-ring (bicyclic) bond motifs is 2. The number of rotatable bonds is 13. The molecule has 5 rings (SSSR count). The van der Waals surface area contributed by atoms with Gasteiger partial charge in [-0.2, -0.15) is 0 Å². The number of methoxy groups -OCH3 is 1. The van der Waals surface area contributed by atoms with Gasteiger partial charge >= 0.3 is 5.97 Å². The number of anilines is 1. The Kier molecular flexibility index (Phi) is 9.93. The first kappa shape index (κ1) is 33.3. The molecule has 10 heteroatoms. The third kappa shape index (κ3) is 6.86. The highest BCUT2D eigenvalue weighted by Gasteiger charge is 2.52. The molecule has 0 bridgehead atoms. The Hall–Kier alpha value is -4.08. The van der Waals surface area contributed by atoms with Crippen LogP contribution in [-0.4, -0.2) is 52.6 Å². The minimum absolute atomic E-state index is 0.0378. The highest BCUT2D eigenvalue weighted by atomic mass is 16.5. The molecule has 2 fully saturated rings. The summed E-state index contributed by atoms with van der Waals surface area (Å²) in [5, 5.41) is 8.21. The number of benzene rings is 1. The fourth-order valence-corrected chi connectivity index (χ4v) is 8.20. The lowest BCUT2D eigenvalue weighted by Gasteiger charge is -2.58. The number of hydrogen-bond donors (Lipinski definition) is 0. The Labute approximate surface area is 271 Å². The molecule has 2 heterocycles. The summed E-state index contributed by atoms with van der Waals surface area (Å²) in [6.07, 6.45) is 12.2. The number of Topliss-reactive ketones (excluding diaryl/α,β-unsaturated/α-hetero) is 1. The number of ketones is 1. The van der Waals surface area contributed by atoms with E-state index in [4.69, 9.17) is 9.47 Å². The van der Waals surface area contributed by atoms with Crippen LogP contribution >= 0.6 is 0 Å². The second-order valence-electron chi connectivity index (χ2n) is 14.0. The molecule has 0 spiro atoms. The third-order valence-corrected chi connectivity index (χ3v) is 10.6. The quantitative estimate of drug-likeness (QED) is 0.0656. The van der Waals surface area contributed by atoms with Crippen molar-refractivity contribution in [2.45, 2.75) is 91.7 Å². The molecule has 246 valence electrons. The van der Waals surface area contributed by atoms with Gasteiger partial charge in [0.2, 0.25) is 0 Å². The summed E-state index contributed by atoms with van der Waals surface area (Å²) in [6, 6.07) is 5.06. The van der Waals surface area contributed by atoms with Crippen LogP contribution in [0.1, 0.15) is 94.6 Å². The largest absolute Gasteiger partial charge is 0.497 e. The molecule has 2 aliphatic carbocycles. The molecule has 0 saturated heterocycles. The summed E-state index contributed by atoms with van der Waals surface area (Å²) in [4.78, 5) is 50.9. The number of aryl methyl sites for hydroxylation is 1. The molecule has 10 nitrogen and oxygen atoms in total. The summed E-state index contributed by atoms with van der Waals surface area (Å²) in [5.74, 6) is -0.0841. The standard InChI is InChI=1S/C36H46N4O6/c1-24-9-14-31-35(2,3)15-8-16-36(31,4)29(24)12-10-25(22-41)19-32(42)46-23-26-21-39(38-37-26)17-6-7-18-40-30-13-11-27(45-5)20-28(30)33(43)34(40)44/h10-11,13,20-22,29,31H,1,6-9,12,14-19,23H2,2-5H3/b25-10+/t29-,31-,36+/m0/s1. The number of unbranched alkanes of at least 4 members (excludes halogenated alkanes) is 1. The normalized spacial score (nSPS) is 24.0. The van der Waals surface area contributed by atoms with Crippen LogP contribution < -0.4 is 9.64 Å². The lowest BCUT2D eigenvalue weighted by molar-refractivity contribution is -0.144. The number of esters is 1. The van der Waals surface area contributed by atoms with Crippen LogP contribution in [0.15, 0.2) is 48.2 Å². The number of carbonyl (C=O) groups is 4. The molecular formula is C36H46N4O6. The number of aromatic nitrogens is 3. The summed E-state index contributed by atoms with van der Waals surface area (Å²) >= 11 is 0. The fourth-order valence-electron chi connectivity index (χ4n) is 8.20. The minimum Gasteiger partial charge on any atom is -0.497 e. The zero-order valence-electron chi connectivity index (χ0n) is 27.5. The summed E-state index contributed by atoms with van der Waals surface area (Å²) < 4.78 is 12.3. The fraction of sp³-hybridized carbons (Fsp3) is 0.556. The van der Waals surface area contributed by atoms with E-state index in [-0.39, 0.29) is 18.4 Å². The van der Waals surface area contributed by atoms with Crippen molar-refractivity contribution in [2.24, 2.45) is 22.7 Å². The van der Waals surface area contributed by atoms with Gasteiger partial charge in [0, 0.05) is 13.1 Å². The first-order chi connectivity index (χ1) is 22.0. The van der Waals surface area contributed by atoms with E-state index in [9.17, 15) is 19.2 Å². The van der Waals surface area contributed by atoms with Gasteiger partial charge < -0.3 is 14.4 Å². The Morgan fingerprint density at radius 2 is 1.93 bits per heavy atom. The van der Waals surface area contributed by atoms with E-state index in [1.54, 1.807) is 29.1 Å². The molecule has 0 unspecified atom stereocenters. The molecule has 3 atom stereocenters. The van der Waals surface area contributed by atoms with Crippen LogP contribution in [0.4, 0.5) is 5.69 Å². The van der Waals surface area contributed by atoms with E-state index < -0.39 is 17.7 Å². The van der Waals surface area contributed by atoms with Crippen molar-refractivity contribution in [3.8, 4) is 5.75 Å². The molecule has 1 aromatic carbocycles. The number of carbonyl (C=O) groups excluding carboxylic acids is 4. The summed E-state index contributed by atoms with van der Waals surface area (Å²) in [5.41, 5.74) is 3.61. The Morgan fingerprint density at radius 3 is 2.70 bits per heavy atom. The summed E-state index contributed by atoms with van der Waals surface area (Å²) in [6.45, 7) is 12.5. The number of nitrogens with zero attached hydrogens (tertiary/aromatic N) is 4. The van der Waals surface area contributed by atoms with Crippen LogP contribution in [-0.2, 0) is 32.3 Å². The molecule has 1 aliphatic heterocycles. The Balaban J connectivity index is 1.07. The maximum atomic E-state index is 12.6. The van der Waals surface area contributed by atoms with Crippen molar-refractivity contribution in [2.75, 3.05) is 18.6 Å². The van der Waals surface area contributed by atoms with E-state index in [1.165, 1.54) is 43.3 Å². The molecule has 0 radical (unpaired) electrons. The van der Waals surface area contributed by atoms with Gasteiger partial charge in [-0.1, -0.05) is 50.6 Å². The van der Waals surface area contributed by atoms with E-state index in [0.29, 0.717) is 77.9 Å². The lowest BCUT2D eigenvalue weighted by Crippen LogP contribution is -2.49. The zero-order chi connectivity index (χ0) is 33.1. The first-order valence-electron chi connectivity index (χ1n) is 16.4. The second-order valence-corrected chi connectivity index (χ2v) is 14.0. The topological polar surface area (TPSA) is 121 Å². The molecule has 46 heavy (non-hydrogen) atoms. The predicted octanol–water partition coefficient (Wildman–Crippen LogP) is 6.04. The summed E-state index contributed by atoms with van der Waals surface area (Å²) in [7, 11) is 1.52. The smallest absolute Gasteiger partial charge is 0.310 e. The van der Waals surface area contributed by atoms with E-state index in [2.05, 4.69) is 37.7 Å². The Morgan fingerprint density at radius 1 is 1.15 bits per heavy atom. The molecule has 2 aromatic rings. The highest BCUT2D eigenvalue weighted by molar-refractivity contribution is 6.52.